The van der Waals surface area contributed by atoms with Gasteiger partial charge in [-0.2, -0.15) is 35.6 Å². The summed E-state index contributed by atoms with van der Waals surface area (Å²) >= 11 is 0. The van der Waals surface area contributed by atoms with Crippen molar-refractivity contribution in [3.63, 3.8) is 0 Å². The zero-order valence-corrected chi connectivity index (χ0v) is 8.38. The fourth-order valence-electron chi connectivity index (χ4n) is 0.626. The molecule has 10 heavy (non-hydrogen) atoms. The average molecular weight is 205 g/mol. The van der Waals surface area contributed by atoms with Crippen LogP contribution in [0.2, 0.25) is 0 Å². The van der Waals surface area contributed by atoms with E-state index in [0.717, 1.165) is 5.56 Å². The van der Waals surface area contributed by atoms with Crippen LogP contribution in [-0.2, 0) is 39.1 Å². The summed E-state index contributed by atoms with van der Waals surface area (Å²) < 4.78 is 0. The van der Waals surface area contributed by atoms with E-state index in [1.807, 2.05) is 24.3 Å². The summed E-state index contributed by atoms with van der Waals surface area (Å²) in [6.07, 6.45) is 0.459. The Morgan fingerprint density at radius 3 is 2.80 bits per heavy atom. The number of hydrogen-bond acceptors (Lipinski definition) is 1. The van der Waals surface area contributed by atoms with Crippen LogP contribution < -0.4 is 0 Å². The van der Waals surface area contributed by atoms with E-state index in [-0.39, 0.29) is 32.7 Å². The largest absolute Gasteiger partial charge is 0.198 e. The molecule has 1 radical (unpaired) electrons. The number of hydrogen-bond donors (Lipinski definition) is 0. The Morgan fingerprint density at radius 1 is 1.50 bits per heavy atom. The molecule has 0 fully saturated rings. The molecule has 0 heterocycles. The fourth-order valence-corrected chi connectivity index (χ4v) is 0.626. The van der Waals surface area contributed by atoms with E-state index in [1.165, 1.54) is 0 Å². The molecule has 0 saturated carbocycles. The van der Waals surface area contributed by atoms with Gasteiger partial charge in [0.1, 0.15) is 0 Å². The van der Waals surface area contributed by atoms with Crippen molar-refractivity contribution in [2.45, 2.75) is 6.42 Å². The Hall–Kier alpha value is -0.186. The molecule has 47 valence electrons. The summed E-state index contributed by atoms with van der Waals surface area (Å²) in [6, 6.07) is 12.5. The van der Waals surface area contributed by atoms with Gasteiger partial charge in [0.2, 0.25) is 0 Å². The van der Waals surface area contributed by atoms with E-state index in [1.54, 1.807) is 0 Å². The number of rotatable bonds is 1. The first kappa shape index (κ1) is 9.81. The third-order valence-electron chi connectivity index (χ3n) is 1.04. The molecule has 0 amide bonds. The molecule has 1 aromatic carbocycles. The normalized spacial score (nSPS) is 7.50. The minimum Gasteiger partial charge on any atom is -0.198 e. The molecule has 0 aliphatic rings. The van der Waals surface area contributed by atoms with Crippen molar-refractivity contribution in [2.75, 3.05) is 0 Å². The Kier molecular flexibility index (Phi) is 5.48. The van der Waals surface area contributed by atoms with Crippen LogP contribution in [0.25, 0.3) is 0 Å². The first-order valence-electron chi connectivity index (χ1n) is 2.76. The van der Waals surface area contributed by atoms with Gasteiger partial charge in [0.25, 0.3) is 0 Å². The average Bonchev–Trinajstić information content (AvgIpc) is 1.91. The standard InChI is InChI=1S/C8H6N.Y/c9-7-6-8-4-2-1-3-5-8;/h1-4H,6H2;/q-1;. The van der Waals surface area contributed by atoms with Gasteiger partial charge in [-0.1, -0.05) is 0 Å². The summed E-state index contributed by atoms with van der Waals surface area (Å²) in [6.45, 7) is 0. The molecule has 0 aliphatic carbocycles. The summed E-state index contributed by atoms with van der Waals surface area (Å²) in [4.78, 5) is 0. The molecule has 2 heteroatoms. The molecule has 0 atom stereocenters. The summed E-state index contributed by atoms with van der Waals surface area (Å²) in [5.74, 6) is 0. The van der Waals surface area contributed by atoms with Gasteiger partial charge >= 0.3 is 0 Å². The van der Waals surface area contributed by atoms with E-state index < -0.39 is 0 Å². The molecular formula is C8H6NY-. The second-order valence-electron chi connectivity index (χ2n) is 1.72. The molecule has 0 saturated heterocycles. The van der Waals surface area contributed by atoms with E-state index in [0.29, 0.717) is 6.42 Å². The van der Waals surface area contributed by atoms with Crippen LogP contribution in [0.15, 0.2) is 24.3 Å². The minimum atomic E-state index is 0. The third kappa shape index (κ3) is 3.10. The van der Waals surface area contributed by atoms with Crippen LogP contribution in [0.5, 0.6) is 0 Å². The van der Waals surface area contributed by atoms with E-state index in [4.69, 9.17) is 5.26 Å². The maximum atomic E-state index is 8.25. The van der Waals surface area contributed by atoms with Crippen molar-refractivity contribution in [3.8, 4) is 6.07 Å². The van der Waals surface area contributed by atoms with Crippen LogP contribution >= 0.6 is 0 Å². The second-order valence-corrected chi connectivity index (χ2v) is 1.72. The quantitative estimate of drug-likeness (QED) is 0.638. The third-order valence-corrected chi connectivity index (χ3v) is 1.04. The second kappa shape index (κ2) is 5.59. The summed E-state index contributed by atoms with van der Waals surface area (Å²) in [5.41, 5.74) is 0.958. The van der Waals surface area contributed by atoms with Crippen LogP contribution in [-0.4, -0.2) is 0 Å². The van der Waals surface area contributed by atoms with Gasteiger partial charge in [-0.05, 0) is 0 Å². The molecular weight excluding hydrogens is 199 g/mol. The van der Waals surface area contributed by atoms with Crippen molar-refractivity contribution in [3.05, 3.63) is 35.9 Å². The van der Waals surface area contributed by atoms with Crippen molar-refractivity contribution in [1.29, 1.82) is 5.26 Å². The van der Waals surface area contributed by atoms with Crippen molar-refractivity contribution >= 4 is 0 Å². The Bertz CT molecular complexity index is 212. The molecule has 1 aromatic rings. The Balaban J connectivity index is 0.000000810. The van der Waals surface area contributed by atoms with Gasteiger partial charge in [-0.15, -0.1) is 5.56 Å². The maximum Gasteiger partial charge on any atom is 0.0647 e. The van der Waals surface area contributed by atoms with E-state index >= 15 is 0 Å². The molecule has 1 rings (SSSR count). The SMILES string of the molecule is N#CCc1[c-]cccc1.[Y]. The molecule has 1 nitrogen and oxygen atoms in total. The molecule has 0 unspecified atom stereocenters. The van der Waals surface area contributed by atoms with Gasteiger partial charge in [-0.25, -0.2) is 0 Å². The number of nitrogens with zero attached hydrogens (tertiary/aromatic N) is 1. The topological polar surface area (TPSA) is 23.8 Å². The van der Waals surface area contributed by atoms with Crippen molar-refractivity contribution in [2.24, 2.45) is 0 Å². The maximum absolute atomic E-state index is 8.25. The van der Waals surface area contributed by atoms with Gasteiger partial charge in [0.05, 0.1) is 6.07 Å². The van der Waals surface area contributed by atoms with Crippen molar-refractivity contribution in [1.82, 2.24) is 0 Å². The van der Waals surface area contributed by atoms with E-state index in [2.05, 4.69) is 12.1 Å². The predicted octanol–water partition coefficient (Wildman–Crippen LogP) is 1.55. The van der Waals surface area contributed by atoms with Crippen LogP contribution in [0, 0.1) is 17.4 Å². The zero-order valence-electron chi connectivity index (χ0n) is 5.54. The number of nitriles is 1. The fraction of sp³-hybridized carbons (Fsp3) is 0.125. The van der Waals surface area contributed by atoms with Crippen LogP contribution in [0.4, 0.5) is 0 Å². The zero-order chi connectivity index (χ0) is 6.53. The van der Waals surface area contributed by atoms with Crippen LogP contribution in [0.1, 0.15) is 5.56 Å². The van der Waals surface area contributed by atoms with Gasteiger partial charge in [0.15, 0.2) is 0 Å². The first-order chi connectivity index (χ1) is 4.43. The predicted molar refractivity (Wildman–Crippen MR) is 34.6 cm³/mol. The smallest absolute Gasteiger partial charge is 0.0647 e. The monoisotopic (exact) mass is 205 g/mol. The first-order valence-corrected chi connectivity index (χ1v) is 2.76. The summed E-state index contributed by atoms with van der Waals surface area (Å²) in [7, 11) is 0. The van der Waals surface area contributed by atoms with Gasteiger partial charge < -0.3 is 0 Å². The van der Waals surface area contributed by atoms with Gasteiger partial charge in [-0.3, -0.25) is 0 Å². The Labute approximate surface area is 85.9 Å². The van der Waals surface area contributed by atoms with Crippen molar-refractivity contribution < 1.29 is 32.7 Å². The molecule has 0 aliphatic heterocycles. The molecule has 0 aromatic heterocycles. The number of benzene rings is 1. The molecule has 0 bridgehead atoms. The minimum absolute atomic E-state index is 0. The summed E-state index contributed by atoms with van der Waals surface area (Å²) in [5, 5.41) is 8.25. The van der Waals surface area contributed by atoms with E-state index in [9.17, 15) is 0 Å². The van der Waals surface area contributed by atoms with Gasteiger partial charge in [0, 0.05) is 39.1 Å². The molecule has 0 spiro atoms. The van der Waals surface area contributed by atoms with Crippen LogP contribution in [0.3, 0.4) is 0 Å². The molecule has 0 N–H and O–H groups in total. The Morgan fingerprint density at radius 2 is 2.30 bits per heavy atom.